The van der Waals surface area contributed by atoms with E-state index in [0.29, 0.717) is 0 Å². The topological polar surface area (TPSA) is 93.7 Å². The number of alkyl carbamates (subject to hydrolysis) is 1. The van der Waals surface area contributed by atoms with E-state index in [4.69, 9.17) is 4.74 Å². The van der Waals surface area contributed by atoms with Crippen molar-refractivity contribution in [2.75, 3.05) is 13.7 Å². The van der Waals surface area contributed by atoms with Crippen LogP contribution in [0.4, 0.5) is 4.79 Å². The lowest BCUT2D eigenvalue weighted by Gasteiger charge is -2.20. The van der Waals surface area contributed by atoms with Crippen molar-refractivity contribution in [2.24, 2.45) is 0 Å². The smallest absolute Gasteiger partial charge is 0.407 e. The van der Waals surface area contributed by atoms with Gasteiger partial charge in [-0.05, 0) is 27.8 Å². The number of benzene rings is 3. The molecular weight excluding hydrogens is 444 g/mol. The largest absolute Gasteiger partial charge is 0.464 e. The van der Waals surface area contributed by atoms with E-state index in [2.05, 4.69) is 34.1 Å². The number of ether oxygens (including phenoxy) is 2. The Balaban J connectivity index is 1.45. The number of methoxy groups -OCH3 is 1. The van der Waals surface area contributed by atoms with Gasteiger partial charge in [0.2, 0.25) is 5.91 Å². The molecule has 0 unspecified atom stereocenters. The summed E-state index contributed by atoms with van der Waals surface area (Å²) in [6.07, 6.45) is -0.530. The molecule has 1 aliphatic rings. The maximum Gasteiger partial charge on any atom is 0.407 e. The van der Waals surface area contributed by atoms with E-state index in [1.807, 2.05) is 66.7 Å². The van der Waals surface area contributed by atoms with E-state index in [1.54, 1.807) is 0 Å². The molecule has 7 heteroatoms. The van der Waals surface area contributed by atoms with Crippen molar-refractivity contribution in [1.29, 1.82) is 0 Å². The molecule has 0 spiro atoms. The normalized spacial score (nSPS) is 12.6. The minimum atomic E-state index is -0.991. The molecule has 0 saturated heterocycles. The third-order valence-corrected chi connectivity index (χ3v) is 5.94. The number of carbonyl (C=O) groups excluding carboxylic acids is 3. The van der Waals surface area contributed by atoms with E-state index < -0.39 is 24.0 Å². The highest BCUT2D eigenvalue weighted by molar-refractivity contribution is 5.95. The average molecular weight is 471 g/mol. The zero-order valence-electron chi connectivity index (χ0n) is 19.3. The minimum Gasteiger partial charge on any atom is -0.464 e. The molecule has 7 nitrogen and oxygen atoms in total. The van der Waals surface area contributed by atoms with Gasteiger partial charge < -0.3 is 20.1 Å². The van der Waals surface area contributed by atoms with Crippen LogP contribution in [-0.4, -0.2) is 37.7 Å². The maximum absolute atomic E-state index is 12.9. The Labute approximate surface area is 203 Å². The first kappa shape index (κ1) is 23.8. The van der Waals surface area contributed by atoms with Gasteiger partial charge in [0.25, 0.3) is 0 Å². The fraction of sp³-hybridized carbons (Fsp3) is 0.179. The Morgan fingerprint density at radius 3 is 2.06 bits per heavy atom. The van der Waals surface area contributed by atoms with E-state index >= 15 is 0 Å². The molecule has 2 N–H and O–H groups in total. The summed E-state index contributed by atoms with van der Waals surface area (Å²) in [5.41, 5.74) is 5.05. The van der Waals surface area contributed by atoms with Crippen molar-refractivity contribution in [2.45, 2.75) is 18.4 Å². The van der Waals surface area contributed by atoms with Crippen molar-refractivity contribution in [3.05, 3.63) is 108 Å². The number of carbonyl (C=O) groups is 3. The highest BCUT2D eigenvalue weighted by Gasteiger charge is 2.30. The number of amides is 2. The Hall–Kier alpha value is -4.39. The van der Waals surface area contributed by atoms with Gasteiger partial charge in [-0.25, -0.2) is 9.59 Å². The van der Waals surface area contributed by atoms with E-state index in [9.17, 15) is 14.4 Å². The molecule has 0 fully saturated rings. The quantitative estimate of drug-likeness (QED) is 0.384. The number of fused-ring (bicyclic) bond motifs is 3. The molecule has 178 valence electrons. The molecule has 0 saturated carbocycles. The van der Waals surface area contributed by atoms with Crippen LogP contribution >= 0.6 is 0 Å². The second-order valence-electron chi connectivity index (χ2n) is 8.17. The molecule has 1 atom stereocenters. The fourth-order valence-electron chi connectivity index (χ4n) is 4.25. The Bertz CT molecular complexity index is 1210. The molecule has 2 amide bonds. The summed E-state index contributed by atoms with van der Waals surface area (Å²) in [5.74, 6) is -1.47. The van der Waals surface area contributed by atoms with Gasteiger partial charge in [-0.1, -0.05) is 85.4 Å². The third-order valence-electron chi connectivity index (χ3n) is 5.94. The Morgan fingerprint density at radius 1 is 0.886 bits per heavy atom. The highest BCUT2D eigenvalue weighted by atomic mass is 16.5. The molecule has 3 aromatic rings. The first-order valence-electron chi connectivity index (χ1n) is 11.2. The van der Waals surface area contributed by atoms with Gasteiger partial charge in [0.05, 0.1) is 7.11 Å². The van der Waals surface area contributed by atoms with Gasteiger partial charge in [0, 0.05) is 12.3 Å². The molecule has 0 aromatic heterocycles. The second-order valence-corrected chi connectivity index (χ2v) is 8.17. The van der Waals surface area contributed by atoms with Gasteiger partial charge in [-0.3, -0.25) is 4.79 Å². The first-order valence-corrected chi connectivity index (χ1v) is 11.2. The summed E-state index contributed by atoms with van der Waals surface area (Å²) in [6.45, 7) is 3.63. The van der Waals surface area contributed by atoms with Crippen LogP contribution in [0.3, 0.4) is 0 Å². The molecule has 1 aliphatic carbocycles. The number of hydrogen-bond acceptors (Lipinski definition) is 5. The number of nitrogens with one attached hydrogen (secondary N) is 2. The number of esters is 1. The average Bonchev–Trinajstić information content (AvgIpc) is 3.20. The predicted molar refractivity (Wildman–Crippen MR) is 131 cm³/mol. The van der Waals surface area contributed by atoms with Crippen molar-refractivity contribution in [3.8, 4) is 11.1 Å². The van der Waals surface area contributed by atoms with Crippen LogP contribution in [0, 0.1) is 0 Å². The molecule has 0 radical (unpaired) electrons. The fourth-order valence-corrected chi connectivity index (χ4v) is 4.25. The summed E-state index contributed by atoms with van der Waals surface area (Å²) < 4.78 is 10.2. The van der Waals surface area contributed by atoms with E-state index in [1.165, 1.54) is 7.11 Å². The van der Waals surface area contributed by atoms with Crippen molar-refractivity contribution in [1.82, 2.24) is 10.6 Å². The Kier molecular flexibility index (Phi) is 7.26. The predicted octanol–water partition coefficient (Wildman–Crippen LogP) is 3.94. The third kappa shape index (κ3) is 5.41. The SMILES string of the molecule is C=C(NC(=O)[C@H](Cc1ccccc1)NC(=O)OCC1c2ccccc2-c2ccccc21)C(=O)OC. The molecule has 35 heavy (non-hydrogen) atoms. The summed E-state index contributed by atoms with van der Waals surface area (Å²) in [7, 11) is 1.19. The minimum absolute atomic E-state index is 0.103. The number of hydrogen-bond donors (Lipinski definition) is 2. The van der Waals surface area contributed by atoms with E-state index in [0.717, 1.165) is 27.8 Å². The zero-order valence-corrected chi connectivity index (χ0v) is 19.3. The van der Waals surface area contributed by atoms with Crippen molar-refractivity contribution >= 4 is 18.0 Å². The van der Waals surface area contributed by atoms with E-state index in [-0.39, 0.29) is 24.6 Å². The zero-order chi connectivity index (χ0) is 24.8. The molecule has 4 rings (SSSR count). The van der Waals surface area contributed by atoms with Crippen LogP contribution < -0.4 is 10.6 Å². The molecule has 0 bridgehead atoms. The van der Waals surface area contributed by atoms with Gasteiger partial charge in [-0.15, -0.1) is 0 Å². The molecule has 0 heterocycles. The monoisotopic (exact) mass is 470 g/mol. The van der Waals surface area contributed by atoms with Crippen LogP contribution in [0.15, 0.2) is 91.1 Å². The van der Waals surface area contributed by atoms with Crippen molar-refractivity contribution < 1.29 is 23.9 Å². The van der Waals surface area contributed by atoms with Crippen LogP contribution in [0.25, 0.3) is 11.1 Å². The van der Waals surface area contributed by atoms with Gasteiger partial charge in [0.1, 0.15) is 18.3 Å². The molecule has 0 aliphatic heterocycles. The second kappa shape index (κ2) is 10.7. The maximum atomic E-state index is 12.9. The summed E-state index contributed by atoms with van der Waals surface area (Å²) in [6, 6.07) is 24.3. The summed E-state index contributed by atoms with van der Waals surface area (Å²) in [5, 5.41) is 5.03. The standard InChI is InChI=1S/C28H26N2O5/c1-18(27(32)34-2)29-26(31)25(16-19-10-4-3-5-11-19)30-28(33)35-17-24-22-14-8-6-12-20(22)21-13-7-9-15-23(21)24/h3-15,24-25H,1,16-17H2,2H3,(H,29,31)(H,30,33)/t25-/m0/s1. The van der Waals surface area contributed by atoms with Gasteiger partial charge >= 0.3 is 12.1 Å². The van der Waals surface area contributed by atoms with Crippen LogP contribution in [0.2, 0.25) is 0 Å². The highest BCUT2D eigenvalue weighted by Crippen LogP contribution is 2.44. The number of rotatable bonds is 8. The lowest BCUT2D eigenvalue weighted by molar-refractivity contribution is -0.138. The first-order chi connectivity index (χ1) is 17.0. The van der Waals surface area contributed by atoms with Crippen LogP contribution in [0.1, 0.15) is 22.6 Å². The van der Waals surface area contributed by atoms with Crippen LogP contribution in [0.5, 0.6) is 0 Å². The lowest BCUT2D eigenvalue weighted by Crippen LogP contribution is -2.48. The van der Waals surface area contributed by atoms with Gasteiger partial charge in [-0.2, -0.15) is 0 Å². The molecular formula is C28H26N2O5. The summed E-state index contributed by atoms with van der Waals surface area (Å²) >= 11 is 0. The Morgan fingerprint density at radius 2 is 1.46 bits per heavy atom. The lowest BCUT2D eigenvalue weighted by atomic mass is 9.98. The summed E-state index contributed by atoms with van der Waals surface area (Å²) in [4.78, 5) is 37.3. The van der Waals surface area contributed by atoms with Crippen molar-refractivity contribution in [3.63, 3.8) is 0 Å². The van der Waals surface area contributed by atoms with Gasteiger partial charge in [0.15, 0.2) is 0 Å². The van der Waals surface area contributed by atoms with Crippen LogP contribution in [-0.2, 0) is 25.5 Å². The molecule has 3 aromatic carbocycles.